The maximum absolute atomic E-state index is 9.52. The summed E-state index contributed by atoms with van der Waals surface area (Å²) < 4.78 is 0. The van der Waals surface area contributed by atoms with Crippen LogP contribution in [-0.2, 0) is 0 Å². The van der Waals surface area contributed by atoms with E-state index >= 15 is 0 Å². The standard InChI is InChI=1S/C24H26N6/c1-16-11-18(17-7-3-2-4-8-17)12-24(28-16)30-22-13-19(15-27-23(22)14-25)29-21-10-6-5-9-20(21)26/h2-4,7-8,11-13,15,20-21,29H,5-6,9-10,26H2,1H3,(H,28,30)/t20-,21+/m0/s1. The van der Waals surface area contributed by atoms with Gasteiger partial charge in [0.2, 0.25) is 0 Å². The molecule has 30 heavy (non-hydrogen) atoms. The number of hydrogen-bond acceptors (Lipinski definition) is 6. The lowest BCUT2D eigenvalue weighted by atomic mass is 9.91. The van der Waals surface area contributed by atoms with Gasteiger partial charge < -0.3 is 16.4 Å². The van der Waals surface area contributed by atoms with Crippen LogP contribution in [0.25, 0.3) is 11.1 Å². The van der Waals surface area contributed by atoms with Gasteiger partial charge in [-0.25, -0.2) is 9.97 Å². The van der Waals surface area contributed by atoms with Crippen LogP contribution in [0, 0.1) is 18.3 Å². The first-order valence-corrected chi connectivity index (χ1v) is 10.4. The smallest absolute Gasteiger partial charge is 0.164 e. The van der Waals surface area contributed by atoms with Gasteiger partial charge in [0.05, 0.1) is 17.6 Å². The zero-order valence-electron chi connectivity index (χ0n) is 17.1. The number of nitrogens with two attached hydrogens (primary N) is 1. The summed E-state index contributed by atoms with van der Waals surface area (Å²) in [5, 5.41) is 16.3. The highest BCUT2D eigenvalue weighted by molar-refractivity contribution is 5.72. The third kappa shape index (κ3) is 4.58. The highest BCUT2D eigenvalue weighted by atomic mass is 15.0. The molecule has 152 valence electrons. The van der Waals surface area contributed by atoms with Crippen LogP contribution in [0.2, 0.25) is 0 Å². The van der Waals surface area contributed by atoms with Crippen LogP contribution in [0.1, 0.15) is 37.1 Å². The minimum absolute atomic E-state index is 0.137. The number of aromatic nitrogens is 2. The molecule has 0 aliphatic heterocycles. The quantitative estimate of drug-likeness (QED) is 0.573. The van der Waals surface area contributed by atoms with E-state index in [-0.39, 0.29) is 12.1 Å². The fourth-order valence-electron chi connectivity index (χ4n) is 3.95. The van der Waals surface area contributed by atoms with Crippen molar-refractivity contribution in [1.82, 2.24) is 9.97 Å². The molecule has 0 amide bonds. The van der Waals surface area contributed by atoms with Gasteiger partial charge in [-0.3, -0.25) is 0 Å². The van der Waals surface area contributed by atoms with Crippen LogP contribution in [0.5, 0.6) is 0 Å². The van der Waals surface area contributed by atoms with E-state index in [1.165, 1.54) is 12.8 Å². The average Bonchev–Trinajstić information content (AvgIpc) is 2.76. The second-order valence-electron chi connectivity index (χ2n) is 7.80. The van der Waals surface area contributed by atoms with Crippen LogP contribution in [0.3, 0.4) is 0 Å². The molecule has 2 aromatic heterocycles. The Morgan fingerprint density at radius 2 is 1.87 bits per heavy atom. The summed E-state index contributed by atoms with van der Waals surface area (Å²) in [5.41, 5.74) is 11.2. The second-order valence-corrected chi connectivity index (χ2v) is 7.80. The number of pyridine rings is 2. The number of nitrogens with one attached hydrogen (secondary N) is 2. The predicted molar refractivity (Wildman–Crippen MR) is 120 cm³/mol. The molecular weight excluding hydrogens is 372 g/mol. The molecule has 0 unspecified atom stereocenters. The number of hydrogen-bond donors (Lipinski definition) is 3. The minimum Gasteiger partial charge on any atom is -0.379 e. The van der Waals surface area contributed by atoms with Gasteiger partial charge in [0.25, 0.3) is 0 Å². The minimum atomic E-state index is 0.137. The molecular formula is C24H26N6. The summed E-state index contributed by atoms with van der Waals surface area (Å²) in [6, 6.07) is 18.6. The Labute approximate surface area is 177 Å². The summed E-state index contributed by atoms with van der Waals surface area (Å²) in [6.45, 7) is 1.96. The summed E-state index contributed by atoms with van der Waals surface area (Å²) in [7, 11) is 0. The fraction of sp³-hybridized carbons (Fsp3) is 0.292. The molecule has 1 aliphatic carbocycles. The van der Waals surface area contributed by atoms with Gasteiger partial charge in [-0.1, -0.05) is 43.2 Å². The van der Waals surface area contributed by atoms with Crippen LogP contribution < -0.4 is 16.4 Å². The lowest BCUT2D eigenvalue weighted by Crippen LogP contribution is -2.42. The topological polar surface area (TPSA) is 99.6 Å². The molecule has 4 N–H and O–H groups in total. The maximum atomic E-state index is 9.52. The lowest BCUT2D eigenvalue weighted by molar-refractivity contribution is 0.404. The monoisotopic (exact) mass is 398 g/mol. The molecule has 1 aliphatic rings. The molecule has 6 heteroatoms. The van der Waals surface area contributed by atoms with E-state index in [2.05, 4.69) is 38.8 Å². The Hall–Kier alpha value is -3.43. The van der Waals surface area contributed by atoms with Crippen molar-refractivity contribution in [2.24, 2.45) is 5.73 Å². The predicted octanol–water partition coefficient (Wildman–Crippen LogP) is 4.75. The van der Waals surface area contributed by atoms with Gasteiger partial charge in [-0.05, 0) is 49.1 Å². The van der Waals surface area contributed by atoms with Gasteiger partial charge >= 0.3 is 0 Å². The highest BCUT2D eigenvalue weighted by Gasteiger charge is 2.22. The maximum Gasteiger partial charge on any atom is 0.164 e. The van der Waals surface area contributed by atoms with E-state index in [1.54, 1.807) is 6.20 Å². The first-order valence-electron chi connectivity index (χ1n) is 10.4. The Balaban J connectivity index is 1.61. The molecule has 0 spiro atoms. The zero-order valence-corrected chi connectivity index (χ0v) is 17.1. The SMILES string of the molecule is Cc1cc(-c2ccccc2)cc(Nc2cc(N[C@@H]3CCCC[C@@H]3N)cnc2C#N)n1. The third-order valence-corrected chi connectivity index (χ3v) is 5.49. The number of aryl methyl sites for hydroxylation is 1. The normalized spacial score (nSPS) is 18.4. The Kier molecular flexibility index (Phi) is 5.92. The van der Waals surface area contributed by atoms with E-state index in [0.717, 1.165) is 35.3 Å². The Morgan fingerprint density at radius 3 is 2.63 bits per heavy atom. The molecule has 3 aromatic rings. The van der Waals surface area contributed by atoms with Crippen molar-refractivity contribution in [3.05, 3.63) is 66.1 Å². The van der Waals surface area contributed by atoms with Gasteiger partial charge in [-0.2, -0.15) is 5.26 Å². The lowest BCUT2D eigenvalue weighted by Gasteiger charge is -2.30. The van der Waals surface area contributed by atoms with Crippen molar-refractivity contribution in [2.45, 2.75) is 44.7 Å². The summed E-state index contributed by atoms with van der Waals surface area (Å²) in [4.78, 5) is 8.93. The first-order chi connectivity index (χ1) is 14.6. The Morgan fingerprint density at radius 1 is 1.07 bits per heavy atom. The molecule has 1 fully saturated rings. The third-order valence-electron chi connectivity index (χ3n) is 5.49. The van der Waals surface area contributed by atoms with Crippen molar-refractivity contribution >= 4 is 17.2 Å². The van der Waals surface area contributed by atoms with E-state index in [1.807, 2.05) is 43.3 Å². The van der Waals surface area contributed by atoms with Crippen molar-refractivity contribution in [3.8, 4) is 17.2 Å². The van der Waals surface area contributed by atoms with Crippen LogP contribution in [-0.4, -0.2) is 22.1 Å². The van der Waals surface area contributed by atoms with Gasteiger partial charge in [0.1, 0.15) is 11.9 Å². The molecule has 0 saturated heterocycles. The molecule has 0 radical (unpaired) electrons. The van der Waals surface area contributed by atoms with Crippen molar-refractivity contribution in [2.75, 3.05) is 10.6 Å². The van der Waals surface area contributed by atoms with Gasteiger partial charge in [-0.15, -0.1) is 0 Å². The molecule has 4 rings (SSSR count). The van der Waals surface area contributed by atoms with E-state index in [4.69, 9.17) is 5.73 Å². The van der Waals surface area contributed by atoms with Gasteiger partial charge in [0, 0.05) is 17.8 Å². The van der Waals surface area contributed by atoms with Crippen LogP contribution >= 0.6 is 0 Å². The molecule has 0 bridgehead atoms. The molecule has 1 saturated carbocycles. The van der Waals surface area contributed by atoms with E-state index in [9.17, 15) is 5.26 Å². The number of nitriles is 1. The average molecular weight is 399 g/mol. The van der Waals surface area contributed by atoms with E-state index < -0.39 is 0 Å². The van der Waals surface area contributed by atoms with Crippen molar-refractivity contribution < 1.29 is 0 Å². The Bertz CT molecular complexity index is 1060. The first kappa shape index (κ1) is 19.9. The van der Waals surface area contributed by atoms with Gasteiger partial charge in [0.15, 0.2) is 5.69 Å². The van der Waals surface area contributed by atoms with E-state index in [0.29, 0.717) is 17.2 Å². The second kappa shape index (κ2) is 8.93. The summed E-state index contributed by atoms with van der Waals surface area (Å²) >= 11 is 0. The van der Waals surface area contributed by atoms with Crippen molar-refractivity contribution in [3.63, 3.8) is 0 Å². The summed E-state index contributed by atoms with van der Waals surface area (Å²) in [5.74, 6) is 0.679. The largest absolute Gasteiger partial charge is 0.379 e. The molecule has 6 nitrogen and oxygen atoms in total. The molecule has 1 aromatic carbocycles. The molecule has 2 atom stereocenters. The number of nitrogens with zero attached hydrogens (tertiary/aromatic N) is 3. The fourth-order valence-corrected chi connectivity index (χ4v) is 3.95. The molecule has 2 heterocycles. The number of anilines is 3. The van der Waals surface area contributed by atoms with Crippen LogP contribution in [0.4, 0.5) is 17.2 Å². The number of benzene rings is 1. The summed E-state index contributed by atoms with van der Waals surface area (Å²) in [6.07, 6.45) is 6.13. The van der Waals surface area contributed by atoms with Crippen LogP contribution in [0.15, 0.2) is 54.7 Å². The highest BCUT2D eigenvalue weighted by Crippen LogP contribution is 2.28. The van der Waals surface area contributed by atoms with Crippen molar-refractivity contribution in [1.29, 1.82) is 5.26 Å². The zero-order chi connectivity index (χ0) is 20.9. The number of rotatable bonds is 5.